The molecule has 0 unspecified atom stereocenters. The van der Waals surface area contributed by atoms with Gasteiger partial charge in [0.25, 0.3) is 10.0 Å². The van der Waals surface area contributed by atoms with Gasteiger partial charge in [-0.25, -0.2) is 13.4 Å². The summed E-state index contributed by atoms with van der Waals surface area (Å²) in [5, 5.41) is 10.3. The Morgan fingerprint density at radius 1 is 0.923 bits per heavy atom. The number of fused-ring (bicyclic) bond motifs is 1. The first-order chi connectivity index (χ1) is 12.5. The van der Waals surface area contributed by atoms with Crippen molar-refractivity contribution in [3.63, 3.8) is 0 Å². The van der Waals surface area contributed by atoms with Crippen molar-refractivity contribution >= 4 is 26.8 Å². The van der Waals surface area contributed by atoms with E-state index < -0.39 is 10.0 Å². The lowest BCUT2D eigenvalue weighted by Gasteiger charge is -2.09. The van der Waals surface area contributed by atoms with Crippen LogP contribution in [0.4, 0.5) is 5.69 Å². The molecule has 0 atom stereocenters. The number of hydrogen-bond donors (Lipinski definition) is 2. The van der Waals surface area contributed by atoms with E-state index in [-0.39, 0.29) is 22.2 Å². The summed E-state index contributed by atoms with van der Waals surface area (Å²) in [4.78, 5) is 4.47. The highest BCUT2D eigenvalue weighted by Gasteiger charge is 2.16. The average Bonchev–Trinajstić information content (AvgIpc) is 3.06. The summed E-state index contributed by atoms with van der Waals surface area (Å²) in [5.74, 6) is 0.131. The molecule has 0 saturated heterocycles. The van der Waals surface area contributed by atoms with Crippen LogP contribution in [-0.4, -0.2) is 18.5 Å². The Bertz CT molecular complexity index is 1150. The summed E-state index contributed by atoms with van der Waals surface area (Å²) < 4.78 is 32.8. The van der Waals surface area contributed by atoms with Gasteiger partial charge in [0.15, 0.2) is 5.58 Å². The normalized spacial score (nSPS) is 11.5. The van der Waals surface area contributed by atoms with E-state index in [4.69, 9.17) is 4.42 Å². The second-order valence-electron chi connectivity index (χ2n) is 5.64. The maximum atomic E-state index is 12.4. The first-order valence-corrected chi connectivity index (χ1v) is 9.28. The minimum Gasteiger partial charge on any atom is -0.507 e. The maximum absolute atomic E-state index is 12.4. The van der Waals surface area contributed by atoms with E-state index in [2.05, 4.69) is 9.71 Å². The lowest BCUT2D eigenvalue weighted by Crippen LogP contribution is -2.12. The van der Waals surface area contributed by atoms with Crippen molar-refractivity contribution in [2.24, 2.45) is 0 Å². The van der Waals surface area contributed by atoms with Crippen molar-refractivity contribution in [1.82, 2.24) is 4.98 Å². The Hall–Kier alpha value is -3.32. The average molecular weight is 366 g/mol. The zero-order chi connectivity index (χ0) is 18.1. The fraction of sp³-hybridized carbons (Fsp3) is 0. The van der Waals surface area contributed by atoms with E-state index in [1.165, 1.54) is 18.2 Å². The molecule has 0 radical (unpaired) electrons. The molecule has 0 bridgehead atoms. The van der Waals surface area contributed by atoms with E-state index in [1.807, 2.05) is 18.2 Å². The molecule has 0 aliphatic heterocycles. The van der Waals surface area contributed by atoms with Crippen molar-refractivity contribution in [2.75, 3.05) is 4.72 Å². The Kier molecular flexibility index (Phi) is 3.85. The molecule has 1 aromatic heterocycles. The minimum absolute atomic E-state index is 0.134. The van der Waals surface area contributed by atoms with Crippen LogP contribution in [0.25, 0.3) is 22.6 Å². The highest BCUT2D eigenvalue weighted by molar-refractivity contribution is 7.92. The molecule has 0 aliphatic rings. The number of nitrogens with one attached hydrogen (secondary N) is 1. The highest BCUT2D eigenvalue weighted by Crippen LogP contribution is 2.33. The lowest BCUT2D eigenvalue weighted by molar-refractivity contribution is 0.474. The third-order valence-corrected chi connectivity index (χ3v) is 5.22. The summed E-state index contributed by atoms with van der Waals surface area (Å²) >= 11 is 0. The van der Waals surface area contributed by atoms with Gasteiger partial charge in [0.2, 0.25) is 5.89 Å². The number of anilines is 1. The van der Waals surface area contributed by atoms with Gasteiger partial charge in [0, 0.05) is 6.07 Å². The molecule has 0 amide bonds. The molecule has 0 aliphatic carbocycles. The number of nitrogens with zero attached hydrogens (tertiary/aromatic N) is 1. The van der Waals surface area contributed by atoms with Crippen molar-refractivity contribution in [3.05, 3.63) is 72.8 Å². The van der Waals surface area contributed by atoms with Gasteiger partial charge < -0.3 is 9.52 Å². The smallest absolute Gasteiger partial charge is 0.261 e. The highest BCUT2D eigenvalue weighted by atomic mass is 32.2. The fourth-order valence-electron chi connectivity index (χ4n) is 2.58. The largest absolute Gasteiger partial charge is 0.507 e. The molecule has 3 aromatic carbocycles. The predicted octanol–water partition coefficient (Wildman–Crippen LogP) is 4.00. The summed E-state index contributed by atoms with van der Waals surface area (Å²) in [6, 6.07) is 19.7. The maximum Gasteiger partial charge on any atom is 0.261 e. The molecule has 0 saturated carbocycles. The Labute approximate surface area is 149 Å². The molecular formula is C19H14N2O4S. The van der Waals surface area contributed by atoms with Gasteiger partial charge in [-0.15, -0.1) is 0 Å². The van der Waals surface area contributed by atoms with Gasteiger partial charge in [0.05, 0.1) is 16.1 Å². The van der Waals surface area contributed by atoms with E-state index >= 15 is 0 Å². The second-order valence-corrected chi connectivity index (χ2v) is 7.32. The molecule has 0 fully saturated rings. The van der Waals surface area contributed by atoms with Crippen molar-refractivity contribution in [1.29, 1.82) is 0 Å². The van der Waals surface area contributed by atoms with Crippen LogP contribution < -0.4 is 4.72 Å². The van der Waals surface area contributed by atoms with Gasteiger partial charge in [-0.3, -0.25) is 4.72 Å². The zero-order valence-electron chi connectivity index (χ0n) is 13.5. The standard InChI is InChI=1S/C19H14N2O4S/c22-17-12-13(21-26(23,24)14-6-2-1-3-7-14)10-11-15(17)19-20-16-8-4-5-9-18(16)25-19/h1-12,21-22H. The molecule has 4 rings (SSSR count). The predicted molar refractivity (Wildman–Crippen MR) is 98.4 cm³/mol. The van der Waals surface area contributed by atoms with Crippen LogP contribution in [0.5, 0.6) is 5.75 Å². The second kappa shape index (κ2) is 6.20. The number of oxazole rings is 1. The number of para-hydroxylation sites is 2. The Morgan fingerprint density at radius 2 is 1.65 bits per heavy atom. The van der Waals surface area contributed by atoms with Gasteiger partial charge in [-0.05, 0) is 36.4 Å². The molecule has 0 spiro atoms. The van der Waals surface area contributed by atoms with Crippen LogP contribution in [0.2, 0.25) is 0 Å². The quantitative estimate of drug-likeness (QED) is 0.569. The van der Waals surface area contributed by atoms with E-state index in [9.17, 15) is 13.5 Å². The zero-order valence-corrected chi connectivity index (χ0v) is 14.3. The summed E-state index contributed by atoms with van der Waals surface area (Å²) in [7, 11) is -3.73. The number of benzene rings is 3. The van der Waals surface area contributed by atoms with E-state index in [0.717, 1.165) is 0 Å². The molecule has 4 aromatic rings. The summed E-state index contributed by atoms with van der Waals surface area (Å²) in [6.45, 7) is 0. The first-order valence-electron chi connectivity index (χ1n) is 7.80. The Balaban J connectivity index is 1.66. The van der Waals surface area contributed by atoms with Crippen LogP contribution in [-0.2, 0) is 10.0 Å². The fourth-order valence-corrected chi connectivity index (χ4v) is 3.65. The minimum atomic E-state index is -3.73. The van der Waals surface area contributed by atoms with Crippen LogP contribution in [0.3, 0.4) is 0 Å². The molecule has 26 heavy (non-hydrogen) atoms. The van der Waals surface area contributed by atoms with Crippen molar-refractivity contribution in [2.45, 2.75) is 4.90 Å². The van der Waals surface area contributed by atoms with Crippen LogP contribution in [0, 0.1) is 0 Å². The number of sulfonamides is 1. The molecular weight excluding hydrogens is 352 g/mol. The van der Waals surface area contributed by atoms with Crippen LogP contribution in [0.15, 0.2) is 82.1 Å². The van der Waals surface area contributed by atoms with Gasteiger partial charge in [0.1, 0.15) is 11.3 Å². The molecule has 7 heteroatoms. The Morgan fingerprint density at radius 3 is 2.38 bits per heavy atom. The van der Waals surface area contributed by atoms with Gasteiger partial charge in [-0.1, -0.05) is 30.3 Å². The molecule has 130 valence electrons. The number of aromatic hydroxyl groups is 1. The van der Waals surface area contributed by atoms with Gasteiger partial charge >= 0.3 is 0 Å². The number of aromatic nitrogens is 1. The molecule has 6 nitrogen and oxygen atoms in total. The molecule has 2 N–H and O–H groups in total. The van der Waals surface area contributed by atoms with Crippen molar-refractivity contribution < 1.29 is 17.9 Å². The van der Waals surface area contributed by atoms with E-state index in [1.54, 1.807) is 36.4 Å². The summed E-state index contributed by atoms with van der Waals surface area (Å²) in [5.41, 5.74) is 1.90. The van der Waals surface area contributed by atoms with Crippen LogP contribution in [0.1, 0.15) is 0 Å². The van der Waals surface area contributed by atoms with Crippen LogP contribution >= 0.6 is 0 Å². The lowest BCUT2D eigenvalue weighted by atomic mass is 10.2. The topological polar surface area (TPSA) is 92.4 Å². The molecule has 1 heterocycles. The monoisotopic (exact) mass is 366 g/mol. The first kappa shape index (κ1) is 16.2. The van der Waals surface area contributed by atoms with E-state index in [0.29, 0.717) is 16.7 Å². The number of phenolic OH excluding ortho intramolecular Hbond substituents is 1. The van der Waals surface area contributed by atoms with Gasteiger partial charge in [-0.2, -0.15) is 0 Å². The summed E-state index contributed by atoms with van der Waals surface area (Å²) in [6.07, 6.45) is 0. The SMILES string of the molecule is O=S(=O)(Nc1ccc(-c2nc3ccccc3o2)c(O)c1)c1ccccc1. The number of hydrogen-bond acceptors (Lipinski definition) is 5. The number of phenols is 1. The third-order valence-electron chi connectivity index (χ3n) is 3.83. The van der Waals surface area contributed by atoms with Crippen molar-refractivity contribution in [3.8, 4) is 17.2 Å². The third kappa shape index (κ3) is 3.00. The number of rotatable bonds is 4.